The van der Waals surface area contributed by atoms with E-state index in [1.165, 1.54) is 5.56 Å². The second-order valence-electron chi connectivity index (χ2n) is 5.36. The molecule has 2 aliphatic rings. The van der Waals surface area contributed by atoms with Crippen LogP contribution in [0.1, 0.15) is 31.4 Å². The molecule has 2 N–H and O–H groups in total. The maximum Gasteiger partial charge on any atom is 0.224 e. The van der Waals surface area contributed by atoms with Gasteiger partial charge < -0.3 is 15.5 Å². The zero-order chi connectivity index (χ0) is 14.7. The third-order valence-corrected chi connectivity index (χ3v) is 3.83. The molecule has 0 aromatic heterocycles. The molecule has 1 fully saturated rings. The average Bonchev–Trinajstić information content (AvgIpc) is 2.94. The Morgan fingerprint density at radius 3 is 2.90 bits per heavy atom. The van der Waals surface area contributed by atoms with E-state index in [4.69, 9.17) is 0 Å². The summed E-state index contributed by atoms with van der Waals surface area (Å²) in [5.41, 5.74) is 1.20. The van der Waals surface area contributed by atoms with E-state index >= 15 is 0 Å². The fourth-order valence-corrected chi connectivity index (χ4v) is 2.66. The van der Waals surface area contributed by atoms with Crippen molar-refractivity contribution in [1.82, 2.24) is 15.5 Å². The summed E-state index contributed by atoms with van der Waals surface area (Å²) in [6, 6.07) is 10.4. The second kappa shape index (κ2) is 5.99. The van der Waals surface area contributed by atoms with Crippen molar-refractivity contribution >= 4 is 11.9 Å². The third-order valence-electron chi connectivity index (χ3n) is 3.83. The molecule has 1 aromatic carbocycles. The van der Waals surface area contributed by atoms with E-state index in [0.29, 0.717) is 12.4 Å². The van der Waals surface area contributed by atoms with Gasteiger partial charge in [-0.2, -0.15) is 0 Å². The second-order valence-corrected chi connectivity index (χ2v) is 5.36. The predicted octanol–water partition coefficient (Wildman–Crippen LogP) is 1.76. The SMILES string of the molecule is C[C@H](NC1=NC(N2CCCC2=O)C=CN1)c1ccccc1. The Kier molecular flexibility index (Phi) is 3.90. The molecule has 1 unspecified atom stereocenters. The van der Waals surface area contributed by atoms with Crippen molar-refractivity contribution in [3.63, 3.8) is 0 Å². The Bertz CT molecular complexity index is 567. The molecule has 0 radical (unpaired) electrons. The lowest BCUT2D eigenvalue weighted by Gasteiger charge is -2.27. The number of amides is 1. The van der Waals surface area contributed by atoms with Gasteiger partial charge in [0.1, 0.15) is 6.17 Å². The summed E-state index contributed by atoms with van der Waals surface area (Å²) in [4.78, 5) is 18.2. The summed E-state index contributed by atoms with van der Waals surface area (Å²) in [6.45, 7) is 2.88. The van der Waals surface area contributed by atoms with E-state index in [-0.39, 0.29) is 18.1 Å². The first-order valence-electron chi connectivity index (χ1n) is 7.36. The van der Waals surface area contributed by atoms with Gasteiger partial charge in [-0.3, -0.25) is 4.79 Å². The lowest BCUT2D eigenvalue weighted by Crippen LogP contribution is -2.43. The number of carbonyl (C=O) groups is 1. The third kappa shape index (κ3) is 3.07. The minimum atomic E-state index is -0.188. The summed E-state index contributed by atoms with van der Waals surface area (Å²) in [5, 5.41) is 6.46. The molecular formula is C16H20N4O. The van der Waals surface area contributed by atoms with Crippen molar-refractivity contribution in [2.45, 2.75) is 32.0 Å². The topological polar surface area (TPSA) is 56.7 Å². The summed E-state index contributed by atoms with van der Waals surface area (Å²) < 4.78 is 0. The molecule has 1 saturated heterocycles. The number of aliphatic imine (C=N–C) groups is 1. The van der Waals surface area contributed by atoms with Crippen LogP contribution < -0.4 is 10.6 Å². The highest BCUT2D eigenvalue weighted by Gasteiger charge is 2.27. The molecule has 0 spiro atoms. The van der Waals surface area contributed by atoms with Crippen molar-refractivity contribution < 1.29 is 4.79 Å². The van der Waals surface area contributed by atoms with E-state index in [2.05, 4.69) is 34.7 Å². The first kappa shape index (κ1) is 13.7. The molecule has 0 aliphatic carbocycles. The molecule has 1 aromatic rings. The lowest BCUT2D eigenvalue weighted by molar-refractivity contribution is -0.128. The predicted molar refractivity (Wildman–Crippen MR) is 82.4 cm³/mol. The van der Waals surface area contributed by atoms with Crippen LogP contribution in [0.5, 0.6) is 0 Å². The number of nitrogens with zero attached hydrogens (tertiary/aromatic N) is 2. The summed E-state index contributed by atoms with van der Waals surface area (Å²) in [5.74, 6) is 0.893. The van der Waals surface area contributed by atoms with Crippen molar-refractivity contribution in [2.75, 3.05) is 6.54 Å². The Morgan fingerprint density at radius 2 is 2.19 bits per heavy atom. The van der Waals surface area contributed by atoms with Crippen LogP contribution in [0.3, 0.4) is 0 Å². The van der Waals surface area contributed by atoms with Gasteiger partial charge in [-0.05, 0) is 25.0 Å². The molecule has 3 rings (SSSR count). The van der Waals surface area contributed by atoms with Gasteiger partial charge in [-0.1, -0.05) is 30.3 Å². The zero-order valence-electron chi connectivity index (χ0n) is 12.1. The minimum Gasteiger partial charge on any atom is -0.350 e. The van der Waals surface area contributed by atoms with Gasteiger partial charge in [0.25, 0.3) is 0 Å². The number of hydrogen-bond acceptors (Lipinski definition) is 4. The fourth-order valence-electron chi connectivity index (χ4n) is 2.66. The summed E-state index contributed by atoms with van der Waals surface area (Å²) in [7, 11) is 0. The molecule has 110 valence electrons. The quantitative estimate of drug-likeness (QED) is 0.889. The molecule has 21 heavy (non-hydrogen) atoms. The number of guanidine groups is 1. The fraction of sp³-hybridized carbons (Fsp3) is 0.375. The first-order chi connectivity index (χ1) is 10.2. The van der Waals surface area contributed by atoms with Gasteiger partial charge in [0.15, 0.2) is 5.96 Å². The van der Waals surface area contributed by atoms with Crippen LogP contribution in [0.15, 0.2) is 47.6 Å². The smallest absolute Gasteiger partial charge is 0.224 e. The van der Waals surface area contributed by atoms with Gasteiger partial charge in [0.05, 0.1) is 6.04 Å². The molecule has 5 nitrogen and oxygen atoms in total. The normalized spacial score (nSPS) is 22.7. The van der Waals surface area contributed by atoms with E-state index in [1.807, 2.05) is 35.4 Å². The lowest BCUT2D eigenvalue weighted by atomic mass is 10.1. The van der Waals surface area contributed by atoms with E-state index in [0.717, 1.165) is 13.0 Å². The highest BCUT2D eigenvalue weighted by atomic mass is 16.2. The Hall–Kier alpha value is -2.30. The maximum absolute atomic E-state index is 11.8. The maximum atomic E-state index is 11.8. The van der Waals surface area contributed by atoms with Gasteiger partial charge in [0, 0.05) is 19.2 Å². The van der Waals surface area contributed by atoms with E-state index in [1.54, 1.807) is 0 Å². The number of benzene rings is 1. The first-order valence-corrected chi connectivity index (χ1v) is 7.36. The molecule has 2 aliphatic heterocycles. The van der Waals surface area contributed by atoms with Crippen LogP contribution in [0.25, 0.3) is 0 Å². The van der Waals surface area contributed by atoms with Crippen LogP contribution in [-0.2, 0) is 4.79 Å². The largest absolute Gasteiger partial charge is 0.350 e. The molecule has 0 bridgehead atoms. The molecule has 0 saturated carbocycles. The van der Waals surface area contributed by atoms with Gasteiger partial charge in [0.2, 0.25) is 5.91 Å². The van der Waals surface area contributed by atoms with Crippen molar-refractivity contribution in [3.05, 3.63) is 48.2 Å². The number of rotatable bonds is 3. The molecular weight excluding hydrogens is 264 g/mol. The number of likely N-dealkylation sites (tertiary alicyclic amines) is 1. The highest BCUT2D eigenvalue weighted by Crippen LogP contribution is 2.17. The van der Waals surface area contributed by atoms with Gasteiger partial charge in [-0.25, -0.2) is 4.99 Å². The zero-order valence-corrected chi connectivity index (χ0v) is 12.1. The molecule has 5 heteroatoms. The number of nitrogens with one attached hydrogen (secondary N) is 2. The summed E-state index contributed by atoms with van der Waals surface area (Å²) >= 11 is 0. The Morgan fingerprint density at radius 1 is 1.38 bits per heavy atom. The monoisotopic (exact) mass is 284 g/mol. The highest BCUT2D eigenvalue weighted by molar-refractivity contribution is 5.83. The van der Waals surface area contributed by atoms with Crippen molar-refractivity contribution in [1.29, 1.82) is 0 Å². The molecule has 2 atom stereocenters. The standard InChI is InChI=1S/C16H20N4O/c1-12(13-6-3-2-4-7-13)18-16-17-10-9-14(19-16)20-11-5-8-15(20)21/h2-4,6-7,9-10,12,14H,5,8,11H2,1H3,(H2,17,18,19)/t12-,14?/m0/s1. The van der Waals surface area contributed by atoms with Crippen molar-refractivity contribution in [2.24, 2.45) is 4.99 Å². The van der Waals surface area contributed by atoms with E-state index < -0.39 is 0 Å². The van der Waals surface area contributed by atoms with E-state index in [9.17, 15) is 4.79 Å². The molecule has 2 heterocycles. The van der Waals surface area contributed by atoms with Crippen LogP contribution >= 0.6 is 0 Å². The Labute approximate surface area is 124 Å². The average molecular weight is 284 g/mol. The van der Waals surface area contributed by atoms with Crippen LogP contribution in [-0.4, -0.2) is 29.5 Å². The Balaban J connectivity index is 1.68. The summed E-state index contributed by atoms with van der Waals surface area (Å²) in [6.07, 6.45) is 5.14. The van der Waals surface area contributed by atoms with Crippen LogP contribution in [0, 0.1) is 0 Å². The molecule has 1 amide bonds. The number of hydrogen-bond donors (Lipinski definition) is 2. The number of carbonyl (C=O) groups excluding carboxylic acids is 1. The minimum absolute atomic E-state index is 0.152. The van der Waals surface area contributed by atoms with Gasteiger partial charge in [-0.15, -0.1) is 0 Å². The van der Waals surface area contributed by atoms with Gasteiger partial charge >= 0.3 is 0 Å². The van der Waals surface area contributed by atoms with Crippen LogP contribution in [0.2, 0.25) is 0 Å². The van der Waals surface area contributed by atoms with Crippen molar-refractivity contribution in [3.8, 4) is 0 Å². The van der Waals surface area contributed by atoms with Crippen LogP contribution in [0.4, 0.5) is 0 Å².